The fraction of sp³-hybridized carbons (Fsp3) is 0.462. The summed E-state index contributed by atoms with van der Waals surface area (Å²) in [5.74, 6) is 0.331. The van der Waals surface area contributed by atoms with Gasteiger partial charge in [-0.15, -0.1) is 0 Å². The lowest BCUT2D eigenvalue weighted by Crippen LogP contribution is -2.29. The Kier molecular flexibility index (Phi) is 4.80. The van der Waals surface area contributed by atoms with Gasteiger partial charge in [-0.2, -0.15) is 5.26 Å². The number of nitrogens with two attached hydrogens (primary N) is 1. The van der Waals surface area contributed by atoms with Gasteiger partial charge < -0.3 is 16.2 Å². The van der Waals surface area contributed by atoms with Crippen LogP contribution >= 0.6 is 0 Å². The highest BCUT2D eigenvalue weighted by Crippen LogP contribution is 2.20. The molecule has 0 aliphatic heterocycles. The van der Waals surface area contributed by atoms with Crippen molar-refractivity contribution in [2.45, 2.75) is 26.3 Å². The third kappa shape index (κ3) is 3.65. The monoisotopic (exact) mass is 233 g/mol. The highest BCUT2D eigenvalue weighted by molar-refractivity contribution is 5.58. The third-order valence-electron chi connectivity index (χ3n) is 2.77. The molecule has 4 nitrogen and oxygen atoms in total. The molecule has 4 heteroatoms. The van der Waals surface area contributed by atoms with Crippen molar-refractivity contribution in [3.63, 3.8) is 0 Å². The largest absolute Gasteiger partial charge is 0.398 e. The summed E-state index contributed by atoms with van der Waals surface area (Å²) in [4.78, 5) is 0. The lowest BCUT2D eigenvalue weighted by Gasteiger charge is -2.21. The van der Waals surface area contributed by atoms with Crippen molar-refractivity contribution >= 4 is 11.4 Å². The molecule has 1 rings (SSSR count). The lowest BCUT2D eigenvalue weighted by molar-refractivity contribution is 0.249. The van der Waals surface area contributed by atoms with Gasteiger partial charge in [0.15, 0.2) is 0 Å². The van der Waals surface area contributed by atoms with Gasteiger partial charge in [-0.25, -0.2) is 0 Å². The maximum Gasteiger partial charge on any atom is 0.0670 e. The Morgan fingerprint density at radius 1 is 1.47 bits per heavy atom. The Balaban J connectivity index is 2.85. The first-order valence-corrected chi connectivity index (χ1v) is 5.71. The lowest BCUT2D eigenvalue weighted by atomic mass is 10.0. The molecule has 1 aromatic rings. The van der Waals surface area contributed by atoms with Crippen LogP contribution in [0.15, 0.2) is 18.2 Å². The standard InChI is InChI=1S/C13H19N3O/c1-9(2)13(8-17)16-11-3-4-12(15)10(7-11)5-6-14/h3-4,7,9,13,16-17H,5,8,15H2,1-2H3/t13-/m1/s1. The zero-order chi connectivity index (χ0) is 12.8. The molecule has 0 aliphatic rings. The topological polar surface area (TPSA) is 82.1 Å². The fourth-order valence-electron chi connectivity index (χ4n) is 1.57. The molecule has 4 N–H and O–H groups in total. The van der Waals surface area contributed by atoms with E-state index in [4.69, 9.17) is 11.0 Å². The van der Waals surface area contributed by atoms with Crippen molar-refractivity contribution < 1.29 is 5.11 Å². The summed E-state index contributed by atoms with van der Waals surface area (Å²) in [5, 5.41) is 21.2. The van der Waals surface area contributed by atoms with E-state index in [0.717, 1.165) is 11.3 Å². The SMILES string of the molecule is CC(C)[C@@H](CO)Nc1ccc(N)c(CC#N)c1. The summed E-state index contributed by atoms with van der Waals surface area (Å²) < 4.78 is 0. The first-order valence-electron chi connectivity index (χ1n) is 5.71. The number of nitrogens with zero attached hydrogens (tertiary/aromatic N) is 1. The van der Waals surface area contributed by atoms with Gasteiger partial charge in [-0.3, -0.25) is 0 Å². The van der Waals surface area contributed by atoms with Crippen LogP contribution in [0.25, 0.3) is 0 Å². The van der Waals surface area contributed by atoms with Crippen LogP contribution in [0.5, 0.6) is 0 Å². The number of benzene rings is 1. The molecule has 92 valence electrons. The number of hydrogen-bond acceptors (Lipinski definition) is 4. The molecule has 1 atom stereocenters. The predicted molar refractivity (Wildman–Crippen MR) is 69.5 cm³/mol. The highest BCUT2D eigenvalue weighted by Gasteiger charge is 2.12. The Bertz CT molecular complexity index is 410. The fourth-order valence-corrected chi connectivity index (χ4v) is 1.57. The molecule has 0 aromatic heterocycles. The Morgan fingerprint density at radius 2 is 2.18 bits per heavy atom. The van der Waals surface area contributed by atoms with Crippen molar-refractivity contribution in [3.05, 3.63) is 23.8 Å². The molecule has 0 radical (unpaired) electrons. The molecule has 0 saturated carbocycles. The van der Waals surface area contributed by atoms with E-state index in [2.05, 4.69) is 11.4 Å². The number of anilines is 2. The minimum absolute atomic E-state index is 0.00793. The van der Waals surface area contributed by atoms with Gasteiger partial charge in [0, 0.05) is 11.4 Å². The van der Waals surface area contributed by atoms with Gasteiger partial charge in [0.2, 0.25) is 0 Å². The molecule has 0 heterocycles. The number of hydrogen-bond donors (Lipinski definition) is 3. The van der Waals surface area contributed by atoms with Crippen LogP contribution in [0, 0.1) is 17.2 Å². The summed E-state index contributed by atoms with van der Waals surface area (Å²) >= 11 is 0. The molecule has 0 spiro atoms. The maximum atomic E-state index is 9.25. The second-order valence-corrected chi connectivity index (χ2v) is 4.43. The number of nitrogens with one attached hydrogen (secondary N) is 1. The van der Waals surface area contributed by atoms with E-state index >= 15 is 0 Å². The minimum atomic E-state index is 0.00793. The average molecular weight is 233 g/mol. The summed E-state index contributed by atoms with van der Waals surface area (Å²) in [6.45, 7) is 4.17. The molecule has 0 unspecified atom stereocenters. The zero-order valence-corrected chi connectivity index (χ0v) is 10.3. The van der Waals surface area contributed by atoms with Crippen LogP contribution in [0.1, 0.15) is 19.4 Å². The van der Waals surface area contributed by atoms with Gasteiger partial charge in [0.1, 0.15) is 0 Å². The van der Waals surface area contributed by atoms with E-state index < -0.39 is 0 Å². The molecule has 0 bridgehead atoms. The average Bonchev–Trinajstić information content (AvgIpc) is 2.30. The van der Waals surface area contributed by atoms with Crippen LogP contribution in [0.2, 0.25) is 0 Å². The summed E-state index contributed by atoms with van der Waals surface area (Å²) in [6.07, 6.45) is 0.298. The van der Waals surface area contributed by atoms with E-state index in [1.54, 1.807) is 6.07 Å². The molecule has 0 saturated heterocycles. The van der Waals surface area contributed by atoms with Gasteiger partial charge in [-0.1, -0.05) is 13.8 Å². The van der Waals surface area contributed by atoms with Gasteiger partial charge in [0.05, 0.1) is 25.1 Å². The quantitative estimate of drug-likeness (QED) is 0.677. The first-order chi connectivity index (χ1) is 8.08. The smallest absolute Gasteiger partial charge is 0.0670 e. The molecule has 1 aromatic carbocycles. The van der Waals surface area contributed by atoms with Crippen LogP contribution < -0.4 is 11.1 Å². The number of rotatable bonds is 5. The number of nitriles is 1. The van der Waals surface area contributed by atoms with Gasteiger partial charge in [0.25, 0.3) is 0 Å². The van der Waals surface area contributed by atoms with Crippen LogP contribution in [0.4, 0.5) is 11.4 Å². The zero-order valence-electron chi connectivity index (χ0n) is 10.3. The van der Waals surface area contributed by atoms with Crippen LogP contribution in [0.3, 0.4) is 0 Å². The normalized spacial score (nSPS) is 12.2. The Labute approximate surface area is 102 Å². The van der Waals surface area contributed by atoms with Crippen molar-refractivity contribution in [2.75, 3.05) is 17.7 Å². The van der Waals surface area contributed by atoms with E-state index in [-0.39, 0.29) is 12.6 Å². The molecular formula is C13H19N3O. The van der Waals surface area contributed by atoms with Gasteiger partial charge >= 0.3 is 0 Å². The first kappa shape index (κ1) is 13.3. The summed E-state index contributed by atoms with van der Waals surface area (Å²) in [5.41, 5.74) is 8.10. The number of nitrogen functional groups attached to an aromatic ring is 1. The van der Waals surface area contributed by atoms with Crippen molar-refractivity contribution in [1.82, 2.24) is 0 Å². The Morgan fingerprint density at radius 3 is 2.71 bits per heavy atom. The third-order valence-corrected chi connectivity index (χ3v) is 2.77. The minimum Gasteiger partial charge on any atom is -0.398 e. The Hall–Kier alpha value is -1.73. The van der Waals surface area contributed by atoms with Crippen LogP contribution in [-0.2, 0) is 6.42 Å². The van der Waals surface area contributed by atoms with Crippen molar-refractivity contribution in [3.8, 4) is 6.07 Å². The molecule has 0 aliphatic carbocycles. The summed E-state index contributed by atoms with van der Waals surface area (Å²) in [7, 11) is 0. The predicted octanol–water partition coefficient (Wildman–Crippen LogP) is 1.76. The second kappa shape index (κ2) is 6.12. The van der Waals surface area contributed by atoms with E-state index in [9.17, 15) is 5.11 Å². The van der Waals surface area contributed by atoms with Crippen LogP contribution in [-0.4, -0.2) is 17.8 Å². The molecule has 17 heavy (non-hydrogen) atoms. The second-order valence-electron chi connectivity index (χ2n) is 4.43. The summed E-state index contributed by atoms with van der Waals surface area (Å²) in [6, 6.07) is 7.60. The van der Waals surface area contributed by atoms with Gasteiger partial charge in [-0.05, 0) is 29.7 Å². The number of aliphatic hydroxyl groups excluding tert-OH is 1. The van der Waals surface area contributed by atoms with E-state index in [1.165, 1.54) is 0 Å². The van der Waals surface area contributed by atoms with Crippen molar-refractivity contribution in [1.29, 1.82) is 5.26 Å². The molecule has 0 amide bonds. The number of aliphatic hydroxyl groups is 1. The van der Waals surface area contributed by atoms with E-state index in [0.29, 0.717) is 18.0 Å². The van der Waals surface area contributed by atoms with E-state index in [1.807, 2.05) is 26.0 Å². The maximum absolute atomic E-state index is 9.25. The van der Waals surface area contributed by atoms with Crippen molar-refractivity contribution in [2.24, 2.45) is 5.92 Å². The molecule has 0 fully saturated rings. The molecular weight excluding hydrogens is 214 g/mol. The highest BCUT2D eigenvalue weighted by atomic mass is 16.3.